The Morgan fingerprint density at radius 2 is 2.05 bits per heavy atom. The maximum Gasteiger partial charge on any atom is 0.142 e. The van der Waals surface area contributed by atoms with E-state index in [4.69, 9.17) is 0 Å². The molecule has 4 atom stereocenters. The third kappa shape index (κ3) is 2.85. The molecule has 0 unspecified atom stereocenters. The number of carbonyl (C=O) groups is 2. The molecule has 1 fully saturated rings. The van der Waals surface area contributed by atoms with Gasteiger partial charge in [0, 0.05) is 5.92 Å². The molecule has 0 aliphatic heterocycles. The van der Waals surface area contributed by atoms with Crippen molar-refractivity contribution >= 4 is 12.6 Å². The van der Waals surface area contributed by atoms with Gasteiger partial charge in [0.25, 0.3) is 0 Å². The smallest absolute Gasteiger partial charge is 0.142 e. The van der Waals surface area contributed by atoms with Gasteiger partial charge in [-0.3, -0.25) is 4.79 Å². The summed E-state index contributed by atoms with van der Waals surface area (Å²) in [5.74, 6) is 0.721. The number of hydrogen-bond donors (Lipinski definition) is 0. The van der Waals surface area contributed by atoms with E-state index >= 15 is 0 Å². The molecule has 0 spiro atoms. The number of fused-ring (bicyclic) bond motifs is 1. The highest BCUT2D eigenvalue weighted by Crippen LogP contribution is 2.61. The quantitative estimate of drug-likeness (QED) is 0.411. The normalized spacial score (nSPS) is 38.9. The van der Waals surface area contributed by atoms with Crippen LogP contribution in [0.15, 0.2) is 23.3 Å². The lowest BCUT2D eigenvalue weighted by atomic mass is 9.47. The van der Waals surface area contributed by atoms with Crippen LogP contribution in [0.3, 0.4) is 0 Å². The van der Waals surface area contributed by atoms with Gasteiger partial charge in [0.15, 0.2) is 0 Å². The summed E-state index contributed by atoms with van der Waals surface area (Å²) in [4.78, 5) is 22.4. The van der Waals surface area contributed by atoms with Crippen LogP contribution in [-0.4, -0.2) is 12.6 Å². The molecule has 2 rings (SSSR count). The van der Waals surface area contributed by atoms with Crippen molar-refractivity contribution in [1.82, 2.24) is 0 Å². The molecule has 0 heterocycles. The molecule has 0 N–H and O–H groups in total. The van der Waals surface area contributed by atoms with E-state index in [-0.39, 0.29) is 16.7 Å². The van der Waals surface area contributed by atoms with Gasteiger partial charge < -0.3 is 4.79 Å². The molecule has 122 valence electrons. The summed E-state index contributed by atoms with van der Waals surface area (Å²) in [6.07, 6.45) is 12.5. The van der Waals surface area contributed by atoms with Gasteiger partial charge in [0.1, 0.15) is 12.6 Å². The Hall–Kier alpha value is -1.18. The van der Waals surface area contributed by atoms with Crippen molar-refractivity contribution in [3.63, 3.8) is 0 Å². The van der Waals surface area contributed by atoms with Crippen molar-refractivity contribution in [2.45, 2.75) is 66.2 Å². The predicted molar refractivity (Wildman–Crippen MR) is 90.5 cm³/mol. The minimum Gasteiger partial charge on any atom is -0.303 e. The van der Waals surface area contributed by atoms with Crippen LogP contribution in [0.25, 0.3) is 0 Å². The first kappa shape index (κ1) is 17.2. The third-order valence-electron chi connectivity index (χ3n) is 6.77. The first-order valence-corrected chi connectivity index (χ1v) is 8.62. The highest BCUT2D eigenvalue weighted by atomic mass is 16.1. The van der Waals surface area contributed by atoms with Crippen LogP contribution in [0.5, 0.6) is 0 Å². The van der Waals surface area contributed by atoms with Crippen LogP contribution in [-0.2, 0) is 9.59 Å². The van der Waals surface area contributed by atoms with E-state index in [1.54, 1.807) is 6.08 Å². The van der Waals surface area contributed by atoms with Crippen molar-refractivity contribution in [2.24, 2.45) is 22.7 Å². The maximum absolute atomic E-state index is 11.7. The Morgan fingerprint density at radius 1 is 1.32 bits per heavy atom. The van der Waals surface area contributed by atoms with E-state index in [9.17, 15) is 9.59 Å². The van der Waals surface area contributed by atoms with E-state index in [1.165, 1.54) is 18.3 Å². The second kappa shape index (κ2) is 6.52. The number of hydrogen-bond acceptors (Lipinski definition) is 2. The van der Waals surface area contributed by atoms with E-state index in [1.807, 2.05) is 6.92 Å². The van der Waals surface area contributed by atoms with Gasteiger partial charge in [-0.15, -0.1) is 0 Å². The van der Waals surface area contributed by atoms with Crippen LogP contribution in [0.2, 0.25) is 0 Å². The van der Waals surface area contributed by atoms with Gasteiger partial charge in [0.05, 0.1) is 0 Å². The van der Waals surface area contributed by atoms with Gasteiger partial charge >= 0.3 is 0 Å². The fourth-order valence-electron chi connectivity index (χ4n) is 5.01. The highest BCUT2D eigenvalue weighted by Gasteiger charge is 2.54. The zero-order valence-electron chi connectivity index (χ0n) is 14.5. The molecule has 0 aromatic carbocycles. The van der Waals surface area contributed by atoms with Gasteiger partial charge in [-0.1, -0.05) is 31.1 Å². The number of aldehydes is 2. The largest absolute Gasteiger partial charge is 0.303 e. The molecule has 1 saturated carbocycles. The average Bonchev–Trinajstić information content (AvgIpc) is 2.48. The van der Waals surface area contributed by atoms with Crippen LogP contribution in [0, 0.1) is 22.7 Å². The molecule has 0 saturated heterocycles. The zero-order chi connectivity index (χ0) is 16.4. The summed E-state index contributed by atoms with van der Waals surface area (Å²) in [6, 6.07) is 0. The Kier molecular flexibility index (Phi) is 5.09. The van der Waals surface area contributed by atoms with Gasteiger partial charge in [-0.05, 0) is 75.2 Å². The molecule has 2 aliphatic carbocycles. The Balaban J connectivity index is 2.30. The monoisotopic (exact) mass is 302 g/mol. The second-order valence-electron chi connectivity index (χ2n) is 7.87. The van der Waals surface area contributed by atoms with Crippen molar-refractivity contribution in [1.29, 1.82) is 0 Å². The molecule has 0 aromatic heterocycles. The molecule has 2 heteroatoms. The standard InChI is InChI=1S/C20H30O2/c1-15(10-13-21)8-11-20(4)17(14-22)9-12-19(3)16(2)6-5-7-18(19)20/h6,10,13-14,17-18H,5,7-9,11-12H2,1-4H3/b15-10-/t17-,18-,19-,20+/m0/s1. The van der Waals surface area contributed by atoms with Crippen LogP contribution < -0.4 is 0 Å². The van der Waals surface area contributed by atoms with E-state index in [0.29, 0.717) is 5.92 Å². The first-order valence-electron chi connectivity index (χ1n) is 8.62. The minimum absolute atomic E-state index is 0.0439. The molecular weight excluding hydrogens is 272 g/mol. The lowest BCUT2D eigenvalue weighted by Gasteiger charge is -2.57. The lowest BCUT2D eigenvalue weighted by Crippen LogP contribution is -2.50. The molecule has 0 aromatic rings. The molecule has 0 amide bonds. The number of carbonyl (C=O) groups excluding carboxylic acids is 2. The van der Waals surface area contributed by atoms with Crippen LogP contribution >= 0.6 is 0 Å². The molecular formula is C20H30O2. The average molecular weight is 302 g/mol. The molecule has 2 nitrogen and oxygen atoms in total. The van der Waals surface area contributed by atoms with Crippen LogP contribution in [0.4, 0.5) is 0 Å². The van der Waals surface area contributed by atoms with Crippen molar-refractivity contribution < 1.29 is 9.59 Å². The molecule has 22 heavy (non-hydrogen) atoms. The summed E-state index contributed by atoms with van der Waals surface area (Å²) in [5.41, 5.74) is 2.92. The van der Waals surface area contributed by atoms with Crippen molar-refractivity contribution in [2.75, 3.05) is 0 Å². The fourth-order valence-corrected chi connectivity index (χ4v) is 5.01. The SMILES string of the molecule is CC1=CCC[C@@H]2[C@](C)(CC/C(C)=C\C=O)[C@H](C=O)CC[C@@]12C. The number of rotatable bonds is 5. The third-order valence-corrected chi connectivity index (χ3v) is 6.77. The summed E-state index contributed by atoms with van der Waals surface area (Å²) in [6.45, 7) is 9.00. The van der Waals surface area contributed by atoms with E-state index < -0.39 is 0 Å². The lowest BCUT2D eigenvalue weighted by molar-refractivity contribution is -0.124. The van der Waals surface area contributed by atoms with Crippen molar-refractivity contribution in [3.8, 4) is 0 Å². The van der Waals surface area contributed by atoms with Crippen LogP contribution in [0.1, 0.15) is 66.2 Å². The maximum atomic E-state index is 11.7. The summed E-state index contributed by atoms with van der Waals surface area (Å²) in [7, 11) is 0. The number of allylic oxidation sites excluding steroid dienone is 4. The summed E-state index contributed by atoms with van der Waals surface area (Å²) >= 11 is 0. The topological polar surface area (TPSA) is 34.1 Å². The second-order valence-corrected chi connectivity index (χ2v) is 7.87. The molecule has 0 radical (unpaired) electrons. The van der Waals surface area contributed by atoms with Gasteiger partial charge in [-0.2, -0.15) is 0 Å². The summed E-state index contributed by atoms with van der Waals surface area (Å²) < 4.78 is 0. The first-order chi connectivity index (χ1) is 10.4. The van der Waals surface area contributed by atoms with E-state index in [2.05, 4.69) is 26.8 Å². The predicted octanol–water partition coefficient (Wildman–Crippen LogP) is 4.89. The Morgan fingerprint density at radius 3 is 2.68 bits per heavy atom. The van der Waals surface area contributed by atoms with Gasteiger partial charge in [-0.25, -0.2) is 0 Å². The van der Waals surface area contributed by atoms with Crippen molar-refractivity contribution in [3.05, 3.63) is 23.3 Å². The fraction of sp³-hybridized carbons (Fsp3) is 0.700. The Bertz CT molecular complexity index is 502. The molecule has 0 bridgehead atoms. The Labute approximate surface area is 135 Å². The summed E-state index contributed by atoms with van der Waals surface area (Å²) in [5, 5.41) is 0. The minimum atomic E-state index is 0.0439. The van der Waals surface area contributed by atoms with E-state index in [0.717, 1.165) is 44.0 Å². The molecule has 2 aliphatic rings. The highest BCUT2D eigenvalue weighted by molar-refractivity contribution is 5.65. The zero-order valence-corrected chi connectivity index (χ0v) is 14.5. The van der Waals surface area contributed by atoms with Gasteiger partial charge in [0.2, 0.25) is 0 Å².